The smallest absolute Gasteiger partial charge is 0.344 e. The number of carboxylic acid groups (broad SMARTS) is 1. The molecule has 0 unspecified atom stereocenters. The van der Waals surface area contributed by atoms with Crippen LogP contribution in [0.2, 0.25) is 0 Å². The van der Waals surface area contributed by atoms with Gasteiger partial charge in [0.2, 0.25) is 0 Å². The first-order chi connectivity index (χ1) is 4.09. The third-order valence-electron chi connectivity index (χ3n) is 0.501. The number of aliphatic carboxylic acids is 1. The maximum Gasteiger partial charge on any atom is 0.344 e. The van der Waals surface area contributed by atoms with Crippen LogP contribution in [0.5, 0.6) is 0 Å². The molecule has 3 nitrogen and oxygen atoms in total. The maximum atomic E-state index is 10.0. The molecule has 0 heterocycles. The topological polar surface area (TPSA) is 54.4 Å². The number of hydrogen-bond donors (Lipinski definition) is 1. The first-order valence-electron chi connectivity index (χ1n) is 1.83. The van der Waals surface area contributed by atoms with E-state index in [-0.39, 0.29) is 8.96 Å². The largest absolute Gasteiger partial charge is 0.477 e. The van der Waals surface area contributed by atoms with Gasteiger partial charge in [-0.25, -0.2) is 4.79 Å². The molecule has 0 spiro atoms. The Morgan fingerprint density at radius 2 is 1.89 bits per heavy atom. The number of halogens is 2. The van der Waals surface area contributed by atoms with E-state index in [0.29, 0.717) is 6.29 Å². The fourth-order valence-electron chi connectivity index (χ4n) is 0.154. The highest BCUT2D eigenvalue weighted by molar-refractivity contribution is 9.14. The molecule has 0 amide bonds. The van der Waals surface area contributed by atoms with Crippen LogP contribution in [0, 0.1) is 0 Å². The molecule has 0 rings (SSSR count). The molecule has 0 aliphatic heterocycles. The van der Waals surface area contributed by atoms with Crippen LogP contribution in [0.25, 0.3) is 0 Å². The normalized spacial score (nSPS) is 12.2. The number of allylic oxidation sites excluding steroid dienone is 1. The Hall–Kier alpha value is -0.160. The summed E-state index contributed by atoms with van der Waals surface area (Å²) < 4.78 is -0.174. The van der Waals surface area contributed by atoms with Crippen molar-refractivity contribution in [2.24, 2.45) is 0 Å². The molecule has 0 atom stereocenters. The fourth-order valence-corrected chi connectivity index (χ4v) is 0.417. The van der Waals surface area contributed by atoms with Crippen LogP contribution < -0.4 is 0 Å². The Balaban J connectivity index is 4.47. The Morgan fingerprint density at radius 3 is 2.00 bits per heavy atom. The van der Waals surface area contributed by atoms with E-state index in [1.54, 1.807) is 0 Å². The maximum absolute atomic E-state index is 10.0. The average molecular weight is 258 g/mol. The molecule has 0 saturated heterocycles. The minimum Gasteiger partial charge on any atom is -0.477 e. The van der Waals surface area contributed by atoms with Crippen LogP contribution in [0.4, 0.5) is 0 Å². The summed E-state index contributed by atoms with van der Waals surface area (Å²) >= 11 is 5.40. The van der Waals surface area contributed by atoms with Crippen LogP contribution in [0.3, 0.4) is 0 Å². The molecule has 5 heteroatoms. The van der Waals surface area contributed by atoms with E-state index in [1.807, 2.05) is 0 Å². The van der Waals surface area contributed by atoms with Gasteiger partial charge < -0.3 is 5.11 Å². The molecule has 0 aromatic heterocycles. The van der Waals surface area contributed by atoms with Crippen LogP contribution in [-0.2, 0) is 9.59 Å². The van der Waals surface area contributed by atoms with Gasteiger partial charge in [0.15, 0.2) is 6.29 Å². The third-order valence-corrected chi connectivity index (χ3v) is 2.38. The van der Waals surface area contributed by atoms with Crippen molar-refractivity contribution in [2.45, 2.75) is 0 Å². The second-order valence-electron chi connectivity index (χ2n) is 1.08. The monoisotopic (exact) mass is 256 g/mol. The summed E-state index contributed by atoms with van der Waals surface area (Å²) in [6.45, 7) is 0. The lowest BCUT2D eigenvalue weighted by Crippen LogP contribution is -1.95. The predicted molar refractivity (Wildman–Crippen MR) is 38.6 cm³/mol. The van der Waals surface area contributed by atoms with Gasteiger partial charge in [-0.2, -0.15) is 0 Å². The van der Waals surface area contributed by atoms with Gasteiger partial charge in [0.25, 0.3) is 0 Å². The van der Waals surface area contributed by atoms with E-state index in [0.717, 1.165) is 0 Å². The SMILES string of the molecule is O=CC(Br)=C(Br)C(=O)O. The minimum atomic E-state index is -1.17. The van der Waals surface area contributed by atoms with Gasteiger partial charge in [-0.3, -0.25) is 4.79 Å². The number of hydrogen-bond acceptors (Lipinski definition) is 2. The van der Waals surface area contributed by atoms with E-state index < -0.39 is 5.97 Å². The van der Waals surface area contributed by atoms with Gasteiger partial charge in [-0.05, 0) is 31.9 Å². The lowest BCUT2D eigenvalue weighted by Gasteiger charge is -1.87. The molecule has 0 aliphatic carbocycles. The van der Waals surface area contributed by atoms with Gasteiger partial charge in [-0.15, -0.1) is 0 Å². The summed E-state index contributed by atoms with van der Waals surface area (Å²) in [4.78, 5) is 19.9. The van der Waals surface area contributed by atoms with E-state index >= 15 is 0 Å². The third kappa shape index (κ3) is 2.76. The molecular weight excluding hydrogens is 256 g/mol. The summed E-state index contributed by atoms with van der Waals surface area (Å²) in [6.07, 6.45) is 0.401. The van der Waals surface area contributed by atoms with Gasteiger partial charge in [-0.1, -0.05) is 0 Å². The summed E-state index contributed by atoms with van der Waals surface area (Å²) in [7, 11) is 0. The Bertz CT molecular complexity index is 173. The molecule has 0 radical (unpaired) electrons. The van der Waals surface area contributed by atoms with Crippen molar-refractivity contribution in [2.75, 3.05) is 0 Å². The Morgan fingerprint density at radius 1 is 1.44 bits per heavy atom. The molecule has 9 heavy (non-hydrogen) atoms. The molecule has 1 N–H and O–H groups in total. The predicted octanol–water partition coefficient (Wildman–Crippen LogP) is 1.27. The fraction of sp³-hybridized carbons (Fsp3) is 0. The van der Waals surface area contributed by atoms with Gasteiger partial charge >= 0.3 is 5.97 Å². The lowest BCUT2D eigenvalue weighted by molar-refractivity contribution is -0.131. The second-order valence-corrected chi connectivity index (χ2v) is 2.73. The molecule has 0 aromatic rings. The number of aldehydes is 1. The number of carbonyl (C=O) groups is 2. The number of rotatable bonds is 2. The van der Waals surface area contributed by atoms with Crippen LogP contribution in [-0.4, -0.2) is 17.4 Å². The first kappa shape index (κ1) is 8.84. The van der Waals surface area contributed by atoms with Crippen LogP contribution in [0.15, 0.2) is 8.96 Å². The van der Waals surface area contributed by atoms with Crippen molar-refractivity contribution in [1.29, 1.82) is 0 Å². The summed E-state index contributed by atoms with van der Waals surface area (Å²) in [5, 5.41) is 8.19. The zero-order chi connectivity index (χ0) is 7.44. The van der Waals surface area contributed by atoms with Crippen molar-refractivity contribution >= 4 is 44.1 Å². The van der Waals surface area contributed by atoms with Crippen molar-refractivity contribution in [1.82, 2.24) is 0 Å². The van der Waals surface area contributed by atoms with Gasteiger partial charge in [0.1, 0.15) is 4.48 Å². The number of carboxylic acids is 1. The quantitative estimate of drug-likeness (QED) is 0.599. The minimum absolute atomic E-state index is 0.00463. The van der Waals surface area contributed by atoms with E-state index in [4.69, 9.17) is 5.11 Å². The average Bonchev–Trinajstić information content (AvgIpc) is 1.84. The highest BCUT2D eigenvalue weighted by Crippen LogP contribution is 2.15. The molecule has 0 bridgehead atoms. The first-order valence-corrected chi connectivity index (χ1v) is 3.42. The zero-order valence-corrected chi connectivity index (χ0v) is 7.27. The van der Waals surface area contributed by atoms with E-state index in [2.05, 4.69) is 31.9 Å². The highest BCUT2D eigenvalue weighted by atomic mass is 79.9. The summed E-state index contributed by atoms with van der Waals surface area (Å²) in [6, 6.07) is 0. The summed E-state index contributed by atoms with van der Waals surface area (Å²) in [5.74, 6) is -1.17. The standard InChI is InChI=1S/C4H2Br2O3/c5-2(1-7)3(6)4(8)9/h1H,(H,8,9). The molecule has 0 aromatic carbocycles. The van der Waals surface area contributed by atoms with E-state index in [9.17, 15) is 9.59 Å². The van der Waals surface area contributed by atoms with Crippen LogP contribution >= 0.6 is 31.9 Å². The molecule has 0 aliphatic rings. The Kier molecular flexibility index (Phi) is 3.72. The Labute approximate surface area is 68.0 Å². The highest BCUT2D eigenvalue weighted by Gasteiger charge is 2.06. The van der Waals surface area contributed by atoms with Crippen molar-refractivity contribution in [3.05, 3.63) is 8.96 Å². The van der Waals surface area contributed by atoms with Crippen LogP contribution in [0.1, 0.15) is 0 Å². The van der Waals surface area contributed by atoms with Gasteiger partial charge in [0, 0.05) is 0 Å². The van der Waals surface area contributed by atoms with Gasteiger partial charge in [0.05, 0.1) is 4.48 Å². The summed E-state index contributed by atoms with van der Waals surface area (Å²) in [5.41, 5.74) is 0. The lowest BCUT2D eigenvalue weighted by atomic mass is 10.5. The van der Waals surface area contributed by atoms with Crippen molar-refractivity contribution in [3.8, 4) is 0 Å². The second kappa shape index (κ2) is 3.79. The molecule has 50 valence electrons. The van der Waals surface area contributed by atoms with E-state index in [1.165, 1.54) is 0 Å². The van der Waals surface area contributed by atoms with Crippen molar-refractivity contribution < 1.29 is 14.7 Å². The molecular formula is C4H2Br2O3. The van der Waals surface area contributed by atoms with Crippen molar-refractivity contribution in [3.63, 3.8) is 0 Å². The number of carbonyl (C=O) groups excluding carboxylic acids is 1. The zero-order valence-electron chi connectivity index (χ0n) is 4.10. The molecule has 0 saturated carbocycles. The molecule has 0 fully saturated rings.